The lowest BCUT2D eigenvalue weighted by Gasteiger charge is -2.09. The summed E-state index contributed by atoms with van der Waals surface area (Å²) in [7, 11) is 0. The van der Waals surface area contributed by atoms with Gasteiger partial charge in [0.05, 0.1) is 24.1 Å². The van der Waals surface area contributed by atoms with Gasteiger partial charge in [-0.25, -0.2) is 4.98 Å². The molecule has 110 valence electrons. The summed E-state index contributed by atoms with van der Waals surface area (Å²) in [5.41, 5.74) is 6.47. The second kappa shape index (κ2) is 6.69. The zero-order valence-corrected chi connectivity index (χ0v) is 11.8. The maximum atomic E-state index is 11.5. The summed E-state index contributed by atoms with van der Waals surface area (Å²) in [6.07, 6.45) is 0.230. The zero-order valence-electron chi connectivity index (χ0n) is 11.8. The molecule has 0 aliphatic heterocycles. The first-order chi connectivity index (χ1) is 10.1. The van der Waals surface area contributed by atoms with Crippen molar-refractivity contribution in [2.45, 2.75) is 13.3 Å². The highest BCUT2D eigenvalue weighted by atomic mass is 16.5. The maximum Gasteiger partial charge on any atom is 0.307 e. The van der Waals surface area contributed by atoms with Crippen molar-refractivity contribution in [1.29, 1.82) is 0 Å². The van der Waals surface area contributed by atoms with Gasteiger partial charge in [0.15, 0.2) is 0 Å². The van der Waals surface area contributed by atoms with E-state index in [1.165, 1.54) is 0 Å². The first kappa shape index (κ1) is 14.8. The smallest absolute Gasteiger partial charge is 0.307 e. The van der Waals surface area contributed by atoms with Crippen LogP contribution in [0.15, 0.2) is 30.3 Å². The number of primary amides is 1. The molecule has 0 unspecified atom stereocenters. The third-order valence-electron chi connectivity index (χ3n) is 2.92. The van der Waals surface area contributed by atoms with Crippen LogP contribution in [0.3, 0.4) is 0 Å². The van der Waals surface area contributed by atoms with Crippen molar-refractivity contribution >= 4 is 28.6 Å². The molecule has 0 saturated carbocycles. The summed E-state index contributed by atoms with van der Waals surface area (Å²) in [5, 5.41) is 3.71. The summed E-state index contributed by atoms with van der Waals surface area (Å²) in [4.78, 5) is 27.2. The average molecular weight is 287 g/mol. The number of nitrogens with one attached hydrogen (secondary N) is 1. The van der Waals surface area contributed by atoms with Gasteiger partial charge in [0, 0.05) is 11.9 Å². The van der Waals surface area contributed by atoms with Gasteiger partial charge in [0.2, 0.25) is 5.91 Å². The third-order valence-corrected chi connectivity index (χ3v) is 2.92. The van der Waals surface area contributed by atoms with Gasteiger partial charge in [-0.3, -0.25) is 9.59 Å². The Morgan fingerprint density at radius 2 is 2.10 bits per heavy atom. The molecular formula is C15H17N3O3. The fraction of sp³-hybridized carbons (Fsp3) is 0.267. The topological polar surface area (TPSA) is 94.3 Å². The lowest BCUT2D eigenvalue weighted by molar-refractivity contribution is -0.142. The van der Waals surface area contributed by atoms with Crippen LogP contribution in [0.4, 0.5) is 5.82 Å². The number of carbonyl (C=O) groups is 2. The number of hydrogen-bond donors (Lipinski definition) is 2. The molecule has 0 bridgehead atoms. The van der Waals surface area contributed by atoms with Gasteiger partial charge in [-0.15, -0.1) is 0 Å². The van der Waals surface area contributed by atoms with E-state index < -0.39 is 5.91 Å². The summed E-state index contributed by atoms with van der Waals surface area (Å²) >= 11 is 0. The molecule has 3 N–H and O–H groups in total. The van der Waals surface area contributed by atoms with Crippen LogP contribution in [-0.4, -0.2) is 30.0 Å². The predicted octanol–water partition coefficient (Wildman–Crippen LogP) is 1.70. The number of pyridine rings is 1. The predicted molar refractivity (Wildman–Crippen MR) is 80.0 cm³/mol. The fourth-order valence-corrected chi connectivity index (χ4v) is 2.00. The number of nitrogens with zero attached hydrogens (tertiary/aromatic N) is 1. The molecule has 0 spiro atoms. The fourth-order valence-electron chi connectivity index (χ4n) is 2.00. The van der Waals surface area contributed by atoms with E-state index in [0.29, 0.717) is 35.4 Å². The number of fused-ring (bicyclic) bond motifs is 1. The Balaban J connectivity index is 2.17. The minimum absolute atomic E-state index is 0.230. The number of para-hydroxylation sites is 1. The number of hydrogen-bond acceptors (Lipinski definition) is 5. The molecule has 1 aromatic heterocycles. The molecule has 2 aromatic rings. The quantitative estimate of drug-likeness (QED) is 0.788. The lowest BCUT2D eigenvalue weighted by atomic mass is 10.1. The van der Waals surface area contributed by atoms with Crippen LogP contribution in [0, 0.1) is 0 Å². The zero-order chi connectivity index (χ0) is 15.2. The van der Waals surface area contributed by atoms with Crippen molar-refractivity contribution in [1.82, 2.24) is 4.98 Å². The van der Waals surface area contributed by atoms with E-state index in [1.807, 2.05) is 12.1 Å². The molecule has 0 atom stereocenters. The molecule has 0 fully saturated rings. The Hall–Kier alpha value is -2.63. The standard InChI is InChI=1S/C15H17N3O3/c1-2-21-14(19)7-8-17-13-9-11(15(16)20)10-5-3-4-6-12(10)18-13/h3-6,9H,2,7-8H2,1H3,(H2,16,20)(H,17,18). The van der Waals surface area contributed by atoms with Crippen molar-refractivity contribution in [3.8, 4) is 0 Å². The molecule has 1 amide bonds. The van der Waals surface area contributed by atoms with Gasteiger partial charge < -0.3 is 15.8 Å². The minimum Gasteiger partial charge on any atom is -0.466 e. The molecule has 1 heterocycles. The Morgan fingerprint density at radius 3 is 2.81 bits per heavy atom. The van der Waals surface area contributed by atoms with Crippen LogP contribution in [0.25, 0.3) is 10.9 Å². The van der Waals surface area contributed by atoms with E-state index >= 15 is 0 Å². The Kier molecular flexibility index (Phi) is 4.71. The van der Waals surface area contributed by atoms with Crippen LogP contribution in [0.2, 0.25) is 0 Å². The molecule has 6 heteroatoms. The van der Waals surface area contributed by atoms with E-state index in [9.17, 15) is 9.59 Å². The average Bonchev–Trinajstić information content (AvgIpc) is 2.46. The largest absolute Gasteiger partial charge is 0.466 e. The maximum absolute atomic E-state index is 11.5. The van der Waals surface area contributed by atoms with Gasteiger partial charge in [0.25, 0.3) is 0 Å². The first-order valence-corrected chi connectivity index (χ1v) is 6.71. The van der Waals surface area contributed by atoms with Crippen molar-refractivity contribution < 1.29 is 14.3 Å². The molecule has 6 nitrogen and oxygen atoms in total. The van der Waals surface area contributed by atoms with E-state index in [1.54, 1.807) is 25.1 Å². The monoisotopic (exact) mass is 287 g/mol. The second-order valence-electron chi connectivity index (χ2n) is 4.42. The molecule has 2 rings (SSSR count). The SMILES string of the molecule is CCOC(=O)CCNc1cc(C(N)=O)c2ccccc2n1. The van der Waals surface area contributed by atoms with E-state index in [-0.39, 0.29) is 12.4 Å². The minimum atomic E-state index is -0.512. The van der Waals surface area contributed by atoms with Gasteiger partial charge in [-0.1, -0.05) is 18.2 Å². The molecule has 1 aromatic carbocycles. The van der Waals surface area contributed by atoms with Crippen LogP contribution in [0.5, 0.6) is 0 Å². The Labute approximate surface area is 122 Å². The highest BCUT2D eigenvalue weighted by molar-refractivity contribution is 6.06. The highest BCUT2D eigenvalue weighted by Crippen LogP contribution is 2.20. The van der Waals surface area contributed by atoms with Crippen LogP contribution in [0.1, 0.15) is 23.7 Å². The summed E-state index contributed by atoms with van der Waals surface area (Å²) in [6.45, 7) is 2.50. The van der Waals surface area contributed by atoms with Crippen LogP contribution >= 0.6 is 0 Å². The number of benzene rings is 1. The Bertz CT molecular complexity index is 670. The highest BCUT2D eigenvalue weighted by Gasteiger charge is 2.10. The number of rotatable bonds is 6. The van der Waals surface area contributed by atoms with E-state index in [0.717, 1.165) is 0 Å². The van der Waals surface area contributed by atoms with Gasteiger partial charge in [0.1, 0.15) is 5.82 Å². The lowest BCUT2D eigenvalue weighted by Crippen LogP contribution is -2.15. The number of esters is 1. The number of ether oxygens (including phenoxy) is 1. The Morgan fingerprint density at radius 1 is 1.33 bits per heavy atom. The van der Waals surface area contributed by atoms with Crippen molar-refractivity contribution in [2.24, 2.45) is 5.73 Å². The summed E-state index contributed by atoms with van der Waals surface area (Å²) in [5.74, 6) is -0.283. The van der Waals surface area contributed by atoms with Crippen molar-refractivity contribution in [3.63, 3.8) is 0 Å². The molecular weight excluding hydrogens is 270 g/mol. The van der Waals surface area contributed by atoms with Crippen molar-refractivity contribution in [3.05, 3.63) is 35.9 Å². The number of amides is 1. The van der Waals surface area contributed by atoms with Gasteiger partial charge >= 0.3 is 5.97 Å². The summed E-state index contributed by atoms with van der Waals surface area (Å²) in [6, 6.07) is 8.85. The molecule has 0 saturated heterocycles. The summed E-state index contributed by atoms with van der Waals surface area (Å²) < 4.78 is 4.84. The van der Waals surface area contributed by atoms with E-state index in [4.69, 9.17) is 10.5 Å². The van der Waals surface area contributed by atoms with Crippen LogP contribution < -0.4 is 11.1 Å². The van der Waals surface area contributed by atoms with Crippen molar-refractivity contribution in [2.75, 3.05) is 18.5 Å². The van der Waals surface area contributed by atoms with Crippen LogP contribution in [-0.2, 0) is 9.53 Å². The van der Waals surface area contributed by atoms with E-state index in [2.05, 4.69) is 10.3 Å². The first-order valence-electron chi connectivity index (χ1n) is 6.71. The molecule has 0 radical (unpaired) electrons. The van der Waals surface area contributed by atoms with Gasteiger partial charge in [-0.2, -0.15) is 0 Å². The number of nitrogens with two attached hydrogens (primary N) is 1. The number of carbonyl (C=O) groups excluding carboxylic acids is 2. The van der Waals surface area contributed by atoms with Gasteiger partial charge in [-0.05, 0) is 19.1 Å². The molecule has 21 heavy (non-hydrogen) atoms. The number of anilines is 1. The normalized spacial score (nSPS) is 10.3. The molecule has 0 aliphatic carbocycles. The second-order valence-corrected chi connectivity index (χ2v) is 4.42. The third kappa shape index (κ3) is 3.68. The number of aromatic nitrogens is 1. The molecule has 0 aliphatic rings.